The molecule has 0 unspecified atom stereocenters. The lowest BCUT2D eigenvalue weighted by atomic mass is 10.2. The van der Waals surface area contributed by atoms with Gasteiger partial charge < -0.3 is 0 Å². The van der Waals surface area contributed by atoms with E-state index < -0.39 is 10.0 Å². The monoisotopic (exact) mass is 348 g/mol. The molecule has 1 saturated heterocycles. The predicted octanol–water partition coefficient (Wildman–Crippen LogP) is 2.55. The Morgan fingerprint density at radius 3 is 2.38 bits per heavy atom. The molecular formula is C14H18Cl2N2O2S. The molecule has 116 valence electrons. The number of alkyl halides is 1. The molecule has 0 bridgehead atoms. The summed E-state index contributed by atoms with van der Waals surface area (Å²) >= 11 is 11.9. The molecule has 1 saturated carbocycles. The maximum Gasteiger partial charge on any atom is 0.244 e. The van der Waals surface area contributed by atoms with Crippen LogP contribution in [0.2, 0.25) is 5.02 Å². The average molecular weight is 349 g/mol. The van der Waals surface area contributed by atoms with Crippen LogP contribution in [0, 0.1) is 0 Å². The van der Waals surface area contributed by atoms with E-state index in [1.54, 1.807) is 18.2 Å². The van der Waals surface area contributed by atoms with Crippen LogP contribution in [0.4, 0.5) is 0 Å². The Bertz CT molecular complexity index is 624. The highest BCUT2D eigenvalue weighted by Crippen LogP contribution is 2.30. The first-order valence-electron chi connectivity index (χ1n) is 7.11. The average Bonchev–Trinajstić information content (AvgIpc) is 3.32. The Kier molecular flexibility index (Phi) is 4.48. The zero-order chi connectivity index (χ0) is 15.0. The van der Waals surface area contributed by atoms with Crippen molar-refractivity contribution in [1.29, 1.82) is 0 Å². The number of benzene rings is 1. The van der Waals surface area contributed by atoms with Crippen LogP contribution in [-0.2, 0) is 15.9 Å². The van der Waals surface area contributed by atoms with Gasteiger partial charge in [-0.15, -0.1) is 11.6 Å². The minimum Gasteiger partial charge on any atom is -0.298 e. The highest BCUT2D eigenvalue weighted by Gasteiger charge is 2.35. The third-order valence-electron chi connectivity index (χ3n) is 4.10. The van der Waals surface area contributed by atoms with E-state index in [0.29, 0.717) is 19.1 Å². The summed E-state index contributed by atoms with van der Waals surface area (Å²) in [5.41, 5.74) is 0.760. The van der Waals surface area contributed by atoms with Crippen molar-refractivity contribution in [3.8, 4) is 0 Å². The Morgan fingerprint density at radius 1 is 1.14 bits per heavy atom. The molecule has 1 aliphatic heterocycles. The molecule has 2 fully saturated rings. The first-order chi connectivity index (χ1) is 10.0. The number of halogens is 2. The van der Waals surface area contributed by atoms with Gasteiger partial charge in [-0.1, -0.05) is 17.7 Å². The molecule has 21 heavy (non-hydrogen) atoms. The van der Waals surface area contributed by atoms with Crippen molar-refractivity contribution in [2.45, 2.75) is 29.7 Å². The van der Waals surface area contributed by atoms with E-state index in [1.807, 2.05) is 0 Å². The SMILES string of the molecule is O=S(=O)(c1cc(CCl)ccc1Cl)N1CCN(C2CC2)CC1. The molecule has 4 nitrogen and oxygen atoms in total. The van der Waals surface area contributed by atoms with Gasteiger partial charge in [-0.05, 0) is 30.5 Å². The predicted molar refractivity (Wildman–Crippen MR) is 84.4 cm³/mol. The molecule has 1 aliphatic carbocycles. The van der Waals surface area contributed by atoms with Gasteiger partial charge in [0, 0.05) is 38.1 Å². The molecule has 1 aromatic rings. The Labute approximate surface area is 135 Å². The van der Waals surface area contributed by atoms with Gasteiger partial charge in [0.15, 0.2) is 0 Å². The van der Waals surface area contributed by atoms with Crippen molar-refractivity contribution >= 4 is 33.2 Å². The summed E-state index contributed by atoms with van der Waals surface area (Å²) in [5, 5.41) is 0.258. The van der Waals surface area contributed by atoms with E-state index in [-0.39, 0.29) is 15.8 Å². The third-order valence-corrected chi connectivity index (χ3v) is 6.79. The van der Waals surface area contributed by atoms with Crippen LogP contribution >= 0.6 is 23.2 Å². The highest BCUT2D eigenvalue weighted by molar-refractivity contribution is 7.89. The zero-order valence-corrected chi connectivity index (χ0v) is 14.0. The molecular weight excluding hydrogens is 331 g/mol. The summed E-state index contributed by atoms with van der Waals surface area (Å²) in [4.78, 5) is 2.55. The van der Waals surface area contributed by atoms with Crippen LogP contribution in [0.5, 0.6) is 0 Å². The van der Waals surface area contributed by atoms with Gasteiger partial charge in [-0.3, -0.25) is 4.90 Å². The highest BCUT2D eigenvalue weighted by atomic mass is 35.5. The zero-order valence-electron chi connectivity index (χ0n) is 11.6. The maximum absolute atomic E-state index is 12.7. The molecule has 0 N–H and O–H groups in total. The van der Waals surface area contributed by atoms with Crippen LogP contribution in [-0.4, -0.2) is 49.8 Å². The third kappa shape index (κ3) is 3.22. The second kappa shape index (κ2) is 6.05. The second-order valence-corrected chi connectivity index (χ2v) is 8.15. The molecule has 0 atom stereocenters. The summed E-state index contributed by atoms with van der Waals surface area (Å²) < 4.78 is 27.0. The standard InChI is InChI=1S/C14H18Cl2N2O2S/c15-10-11-1-4-13(16)14(9-11)21(19,20)18-7-5-17(6-8-18)12-2-3-12/h1,4,9,12H,2-3,5-8,10H2. The largest absolute Gasteiger partial charge is 0.298 e. The maximum atomic E-state index is 12.7. The summed E-state index contributed by atoms with van der Waals surface area (Å²) in [7, 11) is -3.54. The summed E-state index contributed by atoms with van der Waals surface area (Å²) in [6.07, 6.45) is 2.49. The van der Waals surface area contributed by atoms with Gasteiger partial charge in [0.05, 0.1) is 5.02 Å². The lowest BCUT2D eigenvalue weighted by Gasteiger charge is -2.34. The van der Waals surface area contributed by atoms with Crippen LogP contribution < -0.4 is 0 Å². The Balaban J connectivity index is 1.80. The molecule has 1 aromatic carbocycles. The van der Waals surface area contributed by atoms with Gasteiger partial charge in [0.25, 0.3) is 0 Å². The molecule has 0 amide bonds. The first-order valence-corrected chi connectivity index (χ1v) is 9.46. The number of nitrogens with zero attached hydrogens (tertiary/aromatic N) is 2. The number of hydrogen-bond donors (Lipinski definition) is 0. The minimum atomic E-state index is -3.54. The van der Waals surface area contributed by atoms with Gasteiger partial charge in [0.1, 0.15) is 4.90 Å². The van der Waals surface area contributed by atoms with Crippen LogP contribution in [0.3, 0.4) is 0 Å². The molecule has 2 aliphatic rings. The Morgan fingerprint density at radius 2 is 1.81 bits per heavy atom. The van der Waals surface area contributed by atoms with Crippen molar-refractivity contribution in [2.75, 3.05) is 26.2 Å². The van der Waals surface area contributed by atoms with E-state index in [2.05, 4.69) is 4.90 Å². The first kappa shape index (κ1) is 15.6. The Hall–Kier alpha value is -0.330. The lowest BCUT2D eigenvalue weighted by molar-refractivity contribution is 0.180. The fraction of sp³-hybridized carbons (Fsp3) is 0.571. The molecule has 1 heterocycles. The molecule has 0 spiro atoms. The van der Waals surface area contributed by atoms with Gasteiger partial charge in [-0.25, -0.2) is 8.42 Å². The topological polar surface area (TPSA) is 40.6 Å². The van der Waals surface area contributed by atoms with Crippen LogP contribution in [0.25, 0.3) is 0 Å². The van der Waals surface area contributed by atoms with Crippen molar-refractivity contribution in [2.24, 2.45) is 0 Å². The molecule has 0 aromatic heterocycles. The van der Waals surface area contributed by atoms with Crippen molar-refractivity contribution in [1.82, 2.24) is 9.21 Å². The lowest BCUT2D eigenvalue weighted by Crippen LogP contribution is -2.49. The number of sulfonamides is 1. The van der Waals surface area contributed by atoms with E-state index in [0.717, 1.165) is 18.7 Å². The van der Waals surface area contributed by atoms with Gasteiger partial charge in [0.2, 0.25) is 10.0 Å². The number of piperazine rings is 1. The van der Waals surface area contributed by atoms with E-state index in [9.17, 15) is 8.42 Å². The fourth-order valence-corrected chi connectivity index (χ4v) is 4.83. The molecule has 7 heteroatoms. The summed E-state index contributed by atoms with van der Waals surface area (Å²) in [6, 6.07) is 5.61. The summed E-state index contributed by atoms with van der Waals surface area (Å²) in [6.45, 7) is 2.66. The quantitative estimate of drug-likeness (QED) is 0.785. The van der Waals surface area contributed by atoms with Crippen molar-refractivity contribution in [3.63, 3.8) is 0 Å². The van der Waals surface area contributed by atoms with E-state index in [4.69, 9.17) is 23.2 Å². The van der Waals surface area contributed by atoms with Crippen LogP contribution in [0.15, 0.2) is 23.1 Å². The molecule has 3 rings (SSSR count). The smallest absolute Gasteiger partial charge is 0.244 e. The van der Waals surface area contributed by atoms with Gasteiger partial charge in [-0.2, -0.15) is 4.31 Å². The fourth-order valence-electron chi connectivity index (χ4n) is 2.72. The summed E-state index contributed by atoms with van der Waals surface area (Å²) in [5.74, 6) is 0.273. The van der Waals surface area contributed by atoms with Gasteiger partial charge >= 0.3 is 0 Å². The van der Waals surface area contributed by atoms with Crippen LogP contribution in [0.1, 0.15) is 18.4 Å². The van der Waals surface area contributed by atoms with E-state index in [1.165, 1.54) is 17.1 Å². The molecule has 0 radical (unpaired) electrons. The minimum absolute atomic E-state index is 0.169. The normalized spacial score (nSPS) is 21.6. The number of rotatable bonds is 4. The number of hydrogen-bond acceptors (Lipinski definition) is 3. The van der Waals surface area contributed by atoms with Crippen molar-refractivity contribution < 1.29 is 8.42 Å². The van der Waals surface area contributed by atoms with E-state index >= 15 is 0 Å². The van der Waals surface area contributed by atoms with Crippen molar-refractivity contribution in [3.05, 3.63) is 28.8 Å². The second-order valence-electron chi connectivity index (χ2n) is 5.57.